The second-order valence-corrected chi connectivity index (χ2v) is 6.96. The molecule has 8 heteroatoms. The summed E-state index contributed by atoms with van der Waals surface area (Å²) in [5, 5.41) is 3.75. The van der Waals surface area contributed by atoms with E-state index >= 15 is 0 Å². The first-order valence-electron chi connectivity index (χ1n) is 9.63. The molecule has 0 aliphatic carbocycles. The fourth-order valence-corrected chi connectivity index (χ4v) is 3.30. The highest BCUT2D eigenvalue weighted by Gasteiger charge is 2.29. The van der Waals surface area contributed by atoms with Gasteiger partial charge in [0.05, 0.1) is 5.56 Å². The predicted octanol–water partition coefficient (Wildman–Crippen LogP) is 3.09. The van der Waals surface area contributed by atoms with Crippen molar-refractivity contribution in [1.29, 1.82) is 0 Å². The first-order valence-corrected chi connectivity index (χ1v) is 9.63. The number of anilines is 1. The van der Waals surface area contributed by atoms with Crippen molar-refractivity contribution in [3.8, 4) is 5.75 Å². The molecule has 0 bridgehead atoms. The molecule has 8 nitrogen and oxygen atoms in total. The standard InChI is InChI=1S/C22H21N3O5/c1-14(21(26)25-12-11-16-5-3-4-6-19(16)25)29-22(27)17-7-9-18(10-8-17)28-13-20-23-15(2)30-24-20/h3-10,14H,11-13H2,1-2H3/t14-/m0/s1. The van der Waals surface area contributed by atoms with Crippen LogP contribution in [-0.2, 0) is 22.6 Å². The second kappa shape index (κ2) is 8.36. The summed E-state index contributed by atoms with van der Waals surface area (Å²) >= 11 is 0. The Morgan fingerprint density at radius 2 is 1.93 bits per heavy atom. The van der Waals surface area contributed by atoms with Gasteiger partial charge in [0.25, 0.3) is 5.91 Å². The van der Waals surface area contributed by atoms with Crippen LogP contribution in [0.2, 0.25) is 0 Å². The molecular weight excluding hydrogens is 386 g/mol. The van der Waals surface area contributed by atoms with E-state index in [9.17, 15) is 9.59 Å². The lowest BCUT2D eigenvalue weighted by molar-refractivity contribution is -0.126. The van der Waals surface area contributed by atoms with E-state index in [0.29, 0.717) is 29.6 Å². The van der Waals surface area contributed by atoms with Gasteiger partial charge < -0.3 is 18.9 Å². The number of esters is 1. The van der Waals surface area contributed by atoms with E-state index in [1.165, 1.54) is 0 Å². The number of benzene rings is 2. The van der Waals surface area contributed by atoms with Crippen LogP contribution >= 0.6 is 0 Å². The van der Waals surface area contributed by atoms with Gasteiger partial charge in [-0.15, -0.1) is 0 Å². The lowest BCUT2D eigenvalue weighted by atomic mass is 10.2. The number of para-hydroxylation sites is 1. The molecule has 2 heterocycles. The van der Waals surface area contributed by atoms with Gasteiger partial charge >= 0.3 is 5.97 Å². The maximum Gasteiger partial charge on any atom is 0.338 e. The number of aromatic nitrogens is 2. The number of amides is 1. The van der Waals surface area contributed by atoms with Gasteiger partial charge in [-0.1, -0.05) is 23.4 Å². The third-order valence-electron chi connectivity index (χ3n) is 4.81. The van der Waals surface area contributed by atoms with E-state index in [1.807, 2.05) is 24.3 Å². The van der Waals surface area contributed by atoms with Crippen LogP contribution in [-0.4, -0.2) is 34.7 Å². The molecule has 1 aromatic heterocycles. The number of fused-ring (bicyclic) bond motifs is 1. The number of hydrogen-bond donors (Lipinski definition) is 0. The van der Waals surface area contributed by atoms with Crippen molar-refractivity contribution in [3.63, 3.8) is 0 Å². The highest BCUT2D eigenvalue weighted by molar-refractivity contribution is 6.00. The molecule has 0 saturated heterocycles. The summed E-state index contributed by atoms with van der Waals surface area (Å²) in [7, 11) is 0. The minimum Gasteiger partial charge on any atom is -0.485 e. The lowest BCUT2D eigenvalue weighted by Crippen LogP contribution is -2.39. The smallest absolute Gasteiger partial charge is 0.338 e. The summed E-state index contributed by atoms with van der Waals surface area (Å²) in [5.41, 5.74) is 2.33. The Morgan fingerprint density at radius 1 is 1.17 bits per heavy atom. The van der Waals surface area contributed by atoms with Crippen LogP contribution in [0.15, 0.2) is 53.1 Å². The largest absolute Gasteiger partial charge is 0.485 e. The van der Waals surface area contributed by atoms with Crippen LogP contribution in [0, 0.1) is 6.92 Å². The monoisotopic (exact) mass is 407 g/mol. The van der Waals surface area contributed by atoms with Gasteiger partial charge in [0.2, 0.25) is 11.7 Å². The summed E-state index contributed by atoms with van der Waals surface area (Å²) in [5.74, 6) is 0.652. The molecule has 0 spiro atoms. The zero-order chi connectivity index (χ0) is 21.1. The van der Waals surface area contributed by atoms with Crippen LogP contribution in [0.3, 0.4) is 0 Å². The van der Waals surface area contributed by atoms with Gasteiger partial charge in [0.1, 0.15) is 5.75 Å². The molecule has 1 aliphatic heterocycles. The molecule has 3 aromatic rings. The third-order valence-corrected chi connectivity index (χ3v) is 4.81. The summed E-state index contributed by atoms with van der Waals surface area (Å²) in [6, 6.07) is 14.2. The molecule has 0 N–H and O–H groups in total. The summed E-state index contributed by atoms with van der Waals surface area (Å²) in [6.45, 7) is 4.03. The van der Waals surface area contributed by atoms with Gasteiger partial charge in [0, 0.05) is 19.2 Å². The Balaban J connectivity index is 1.33. The zero-order valence-corrected chi connectivity index (χ0v) is 16.7. The van der Waals surface area contributed by atoms with Crippen molar-refractivity contribution < 1.29 is 23.6 Å². The van der Waals surface area contributed by atoms with Crippen LogP contribution in [0.4, 0.5) is 5.69 Å². The highest BCUT2D eigenvalue weighted by atomic mass is 16.5. The van der Waals surface area contributed by atoms with Crippen molar-refractivity contribution in [3.05, 3.63) is 71.4 Å². The Bertz CT molecular complexity index is 1060. The molecule has 1 aliphatic rings. The number of ether oxygens (including phenoxy) is 2. The van der Waals surface area contributed by atoms with Gasteiger partial charge in [0.15, 0.2) is 12.7 Å². The zero-order valence-electron chi connectivity index (χ0n) is 16.7. The van der Waals surface area contributed by atoms with Crippen LogP contribution in [0.1, 0.15) is 34.6 Å². The molecule has 154 valence electrons. The quantitative estimate of drug-likeness (QED) is 0.580. The number of carbonyl (C=O) groups is 2. The Morgan fingerprint density at radius 3 is 2.67 bits per heavy atom. The minimum atomic E-state index is -0.888. The highest BCUT2D eigenvalue weighted by Crippen LogP contribution is 2.28. The Labute approximate surface area is 173 Å². The molecule has 4 rings (SSSR count). The van der Waals surface area contributed by atoms with Crippen molar-refractivity contribution in [2.75, 3.05) is 11.4 Å². The first-order chi connectivity index (χ1) is 14.5. The fourth-order valence-electron chi connectivity index (χ4n) is 3.30. The number of carbonyl (C=O) groups excluding carboxylic acids is 2. The van der Waals surface area contributed by atoms with Crippen LogP contribution in [0.25, 0.3) is 0 Å². The van der Waals surface area contributed by atoms with Crippen molar-refractivity contribution in [2.24, 2.45) is 0 Å². The SMILES string of the molecule is Cc1nc(COc2ccc(C(=O)O[C@@H](C)C(=O)N3CCc4ccccc43)cc2)no1. The van der Waals surface area contributed by atoms with E-state index < -0.39 is 12.1 Å². The number of aryl methyl sites for hydroxylation is 1. The number of rotatable bonds is 6. The average molecular weight is 407 g/mol. The van der Waals surface area contributed by atoms with Gasteiger partial charge in [-0.25, -0.2) is 4.79 Å². The van der Waals surface area contributed by atoms with E-state index in [-0.39, 0.29) is 12.5 Å². The lowest BCUT2D eigenvalue weighted by Gasteiger charge is -2.21. The molecule has 1 amide bonds. The van der Waals surface area contributed by atoms with E-state index in [1.54, 1.807) is 43.0 Å². The maximum absolute atomic E-state index is 12.8. The van der Waals surface area contributed by atoms with Crippen LogP contribution < -0.4 is 9.64 Å². The van der Waals surface area contributed by atoms with E-state index in [4.69, 9.17) is 14.0 Å². The summed E-state index contributed by atoms with van der Waals surface area (Å²) in [4.78, 5) is 30.9. The number of nitrogens with zero attached hydrogens (tertiary/aromatic N) is 3. The second-order valence-electron chi connectivity index (χ2n) is 6.96. The van der Waals surface area contributed by atoms with Crippen LogP contribution in [0.5, 0.6) is 5.75 Å². The fraction of sp³-hybridized carbons (Fsp3) is 0.273. The van der Waals surface area contributed by atoms with Crippen molar-refractivity contribution in [2.45, 2.75) is 33.0 Å². The normalized spacial score (nSPS) is 13.6. The molecule has 0 unspecified atom stereocenters. The minimum absolute atomic E-state index is 0.157. The van der Waals surface area contributed by atoms with Crippen molar-refractivity contribution in [1.82, 2.24) is 10.1 Å². The molecular formula is C22H21N3O5. The van der Waals surface area contributed by atoms with E-state index in [0.717, 1.165) is 17.7 Å². The molecule has 0 radical (unpaired) electrons. The van der Waals surface area contributed by atoms with Crippen molar-refractivity contribution >= 4 is 17.6 Å². The predicted molar refractivity (Wildman–Crippen MR) is 107 cm³/mol. The number of hydrogen-bond acceptors (Lipinski definition) is 7. The Hall–Kier alpha value is -3.68. The summed E-state index contributed by atoms with van der Waals surface area (Å²) < 4.78 is 15.8. The first kappa shape index (κ1) is 19.6. The third kappa shape index (κ3) is 4.17. The summed E-state index contributed by atoms with van der Waals surface area (Å²) in [6.07, 6.45) is -0.0888. The van der Waals surface area contributed by atoms with Gasteiger partial charge in [-0.3, -0.25) is 4.79 Å². The average Bonchev–Trinajstić information content (AvgIpc) is 3.38. The van der Waals surface area contributed by atoms with Gasteiger partial charge in [-0.2, -0.15) is 4.98 Å². The topological polar surface area (TPSA) is 94.8 Å². The maximum atomic E-state index is 12.8. The molecule has 2 aromatic carbocycles. The Kier molecular flexibility index (Phi) is 5.47. The molecule has 0 saturated carbocycles. The molecule has 1 atom stereocenters. The molecule has 30 heavy (non-hydrogen) atoms. The van der Waals surface area contributed by atoms with E-state index in [2.05, 4.69) is 10.1 Å². The molecule has 0 fully saturated rings. The van der Waals surface area contributed by atoms with Gasteiger partial charge in [-0.05, 0) is 49.2 Å².